The fourth-order valence-corrected chi connectivity index (χ4v) is 3.07. The van der Waals surface area contributed by atoms with E-state index in [1.165, 1.54) is 30.2 Å². The molecular weight excluding hydrogens is 300 g/mol. The van der Waals surface area contributed by atoms with Gasteiger partial charge in [0.15, 0.2) is 5.16 Å². The molecule has 2 rings (SSSR count). The third kappa shape index (κ3) is 5.18. The number of hydrogen-bond donors (Lipinski definition) is 3. The van der Waals surface area contributed by atoms with Gasteiger partial charge in [0, 0.05) is 6.54 Å². The van der Waals surface area contributed by atoms with Gasteiger partial charge in [-0.25, -0.2) is 0 Å². The number of hydrogen-bond acceptors (Lipinski definition) is 7. The lowest BCUT2D eigenvalue weighted by Crippen LogP contribution is -2.32. The zero-order chi connectivity index (χ0) is 15.9. The van der Waals surface area contributed by atoms with E-state index in [2.05, 4.69) is 26.3 Å². The molecular formula is C14H22N6OS. The quantitative estimate of drug-likeness (QED) is 0.536. The summed E-state index contributed by atoms with van der Waals surface area (Å²) in [4.78, 5) is 23.7. The third-order valence-electron chi connectivity index (χ3n) is 3.43. The molecule has 22 heavy (non-hydrogen) atoms. The summed E-state index contributed by atoms with van der Waals surface area (Å²) < 4.78 is 0. The van der Waals surface area contributed by atoms with Crippen LogP contribution in [0.4, 0.5) is 11.9 Å². The smallest absolute Gasteiger partial charge is 0.233 e. The third-order valence-corrected chi connectivity index (χ3v) is 4.39. The molecule has 1 atom stereocenters. The van der Waals surface area contributed by atoms with Crippen LogP contribution in [-0.2, 0) is 4.79 Å². The van der Waals surface area contributed by atoms with Crippen molar-refractivity contribution in [1.29, 1.82) is 0 Å². The lowest BCUT2D eigenvalue weighted by molar-refractivity contribution is -0.120. The molecule has 1 aliphatic carbocycles. The van der Waals surface area contributed by atoms with Gasteiger partial charge in [0.2, 0.25) is 17.8 Å². The van der Waals surface area contributed by atoms with Crippen molar-refractivity contribution in [3.05, 3.63) is 11.6 Å². The monoisotopic (exact) mass is 322 g/mol. The highest BCUT2D eigenvalue weighted by Gasteiger charge is 2.16. The summed E-state index contributed by atoms with van der Waals surface area (Å²) in [6, 6.07) is 0. The first-order valence-electron chi connectivity index (χ1n) is 7.44. The minimum absolute atomic E-state index is 0.0426. The number of anilines is 2. The maximum atomic E-state index is 12.1. The second-order valence-electron chi connectivity index (χ2n) is 5.24. The van der Waals surface area contributed by atoms with Gasteiger partial charge >= 0.3 is 0 Å². The summed E-state index contributed by atoms with van der Waals surface area (Å²) in [7, 11) is 0. The Morgan fingerprint density at radius 2 is 2.05 bits per heavy atom. The molecule has 1 amide bonds. The van der Waals surface area contributed by atoms with E-state index in [4.69, 9.17) is 11.5 Å². The van der Waals surface area contributed by atoms with Crippen LogP contribution in [0.1, 0.15) is 39.0 Å². The number of carbonyl (C=O) groups is 1. The van der Waals surface area contributed by atoms with E-state index in [-0.39, 0.29) is 23.1 Å². The number of nitrogens with two attached hydrogens (primary N) is 2. The number of nitrogens with zero attached hydrogens (tertiary/aromatic N) is 3. The minimum atomic E-state index is -0.318. The SMILES string of the molecule is CC(Sc1nc(N)nc(N)n1)C(=O)NCCC1=CCCCC1. The Balaban J connectivity index is 1.77. The Kier molecular flexibility index (Phi) is 6.00. The Bertz CT molecular complexity index is 542. The highest BCUT2D eigenvalue weighted by atomic mass is 32.2. The minimum Gasteiger partial charge on any atom is -0.368 e. The molecule has 0 saturated heterocycles. The van der Waals surface area contributed by atoms with E-state index in [0.29, 0.717) is 11.7 Å². The van der Waals surface area contributed by atoms with Crippen LogP contribution in [0.25, 0.3) is 0 Å². The summed E-state index contributed by atoms with van der Waals surface area (Å²) in [6.45, 7) is 2.47. The van der Waals surface area contributed by atoms with Crippen molar-refractivity contribution in [2.75, 3.05) is 18.0 Å². The van der Waals surface area contributed by atoms with Crippen molar-refractivity contribution in [3.8, 4) is 0 Å². The molecule has 1 unspecified atom stereocenters. The van der Waals surface area contributed by atoms with Crippen molar-refractivity contribution in [2.45, 2.75) is 49.4 Å². The maximum Gasteiger partial charge on any atom is 0.233 e. The average molecular weight is 322 g/mol. The largest absolute Gasteiger partial charge is 0.368 e. The summed E-state index contributed by atoms with van der Waals surface area (Å²) >= 11 is 1.22. The first-order valence-corrected chi connectivity index (χ1v) is 8.32. The van der Waals surface area contributed by atoms with Crippen LogP contribution in [0.3, 0.4) is 0 Å². The Hall–Kier alpha value is -1.83. The molecule has 1 aliphatic rings. The Labute approximate surface area is 134 Å². The van der Waals surface area contributed by atoms with Crippen LogP contribution < -0.4 is 16.8 Å². The molecule has 0 fully saturated rings. The first kappa shape index (κ1) is 16.5. The second-order valence-corrected chi connectivity index (χ2v) is 6.55. The van der Waals surface area contributed by atoms with E-state index in [0.717, 1.165) is 19.3 Å². The van der Waals surface area contributed by atoms with Gasteiger partial charge < -0.3 is 16.8 Å². The molecule has 0 bridgehead atoms. The van der Waals surface area contributed by atoms with Crippen molar-refractivity contribution in [2.24, 2.45) is 0 Å². The van der Waals surface area contributed by atoms with Crippen LogP contribution in [0.15, 0.2) is 16.8 Å². The standard InChI is InChI=1S/C14H22N6OS/c1-9(22-14-19-12(15)18-13(16)20-14)11(21)17-8-7-10-5-3-2-4-6-10/h5,9H,2-4,6-8H2,1H3,(H,17,21)(H4,15,16,18,19,20). The van der Waals surface area contributed by atoms with Crippen molar-refractivity contribution < 1.29 is 4.79 Å². The molecule has 8 heteroatoms. The molecule has 0 aliphatic heterocycles. The summed E-state index contributed by atoms with van der Waals surface area (Å²) in [5.41, 5.74) is 12.5. The first-order chi connectivity index (χ1) is 10.5. The van der Waals surface area contributed by atoms with E-state index >= 15 is 0 Å². The molecule has 0 radical (unpaired) electrons. The molecule has 0 saturated carbocycles. The zero-order valence-electron chi connectivity index (χ0n) is 12.7. The summed E-state index contributed by atoms with van der Waals surface area (Å²) in [5.74, 6) is 0.0812. The van der Waals surface area contributed by atoms with Gasteiger partial charge in [-0.15, -0.1) is 0 Å². The second kappa shape index (κ2) is 7.98. The highest BCUT2D eigenvalue weighted by Crippen LogP contribution is 2.21. The number of rotatable bonds is 6. The van der Waals surface area contributed by atoms with Crippen molar-refractivity contribution in [3.63, 3.8) is 0 Å². The average Bonchev–Trinajstić information content (AvgIpc) is 2.47. The normalized spacial score (nSPS) is 16.0. The van der Waals surface area contributed by atoms with Gasteiger partial charge in [0.25, 0.3) is 0 Å². The van der Waals surface area contributed by atoms with Crippen LogP contribution >= 0.6 is 11.8 Å². The molecule has 120 valence electrons. The number of aromatic nitrogens is 3. The predicted octanol–water partition coefficient (Wildman–Crippen LogP) is 1.52. The fraction of sp³-hybridized carbons (Fsp3) is 0.571. The van der Waals surface area contributed by atoms with Crippen LogP contribution in [0.5, 0.6) is 0 Å². The van der Waals surface area contributed by atoms with Crippen LogP contribution in [0, 0.1) is 0 Å². The van der Waals surface area contributed by atoms with E-state index < -0.39 is 0 Å². The zero-order valence-corrected chi connectivity index (χ0v) is 13.5. The molecule has 0 aromatic carbocycles. The Morgan fingerprint density at radius 1 is 1.32 bits per heavy atom. The summed E-state index contributed by atoms with van der Waals surface area (Å²) in [6.07, 6.45) is 8.08. The molecule has 1 heterocycles. The number of carbonyl (C=O) groups excluding carboxylic acids is 1. The molecule has 0 spiro atoms. The number of nitrogen functional groups attached to an aromatic ring is 2. The van der Waals surface area contributed by atoms with Gasteiger partial charge in [0.05, 0.1) is 5.25 Å². The van der Waals surface area contributed by atoms with Gasteiger partial charge in [-0.1, -0.05) is 23.4 Å². The van der Waals surface area contributed by atoms with E-state index in [9.17, 15) is 4.79 Å². The number of allylic oxidation sites excluding steroid dienone is 1. The lowest BCUT2D eigenvalue weighted by atomic mass is 9.97. The van der Waals surface area contributed by atoms with Gasteiger partial charge in [-0.3, -0.25) is 4.79 Å². The number of amides is 1. The topological polar surface area (TPSA) is 120 Å². The molecule has 1 aromatic rings. The van der Waals surface area contributed by atoms with E-state index in [1.54, 1.807) is 6.92 Å². The lowest BCUT2D eigenvalue weighted by Gasteiger charge is -2.14. The van der Waals surface area contributed by atoms with Gasteiger partial charge in [-0.2, -0.15) is 15.0 Å². The van der Waals surface area contributed by atoms with Crippen molar-refractivity contribution >= 4 is 29.6 Å². The van der Waals surface area contributed by atoms with Gasteiger partial charge in [0.1, 0.15) is 0 Å². The highest BCUT2D eigenvalue weighted by molar-refractivity contribution is 8.00. The number of thioether (sulfide) groups is 1. The predicted molar refractivity (Wildman–Crippen MR) is 88.1 cm³/mol. The molecule has 5 N–H and O–H groups in total. The summed E-state index contributed by atoms with van der Waals surface area (Å²) in [5, 5.41) is 2.99. The van der Waals surface area contributed by atoms with Crippen LogP contribution in [-0.4, -0.2) is 32.7 Å². The van der Waals surface area contributed by atoms with Gasteiger partial charge in [-0.05, 0) is 39.0 Å². The molecule has 7 nitrogen and oxygen atoms in total. The molecule has 1 aromatic heterocycles. The maximum absolute atomic E-state index is 12.1. The van der Waals surface area contributed by atoms with Crippen molar-refractivity contribution in [1.82, 2.24) is 20.3 Å². The van der Waals surface area contributed by atoms with Crippen LogP contribution in [0.2, 0.25) is 0 Å². The van der Waals surface area contributed by atoms with E-state index in [1.807, 2.05) is 0 Å². The number of nitrogens with one attached hydrogen (secondary N) is 1. The fourth-order valence-electron chi connectivity index (χ4n) is 2.27. The Morgan fingerprint density at radius 3 is 2.68 bits per heavy atom.